The summed E-state index contributed by atoms with van der Waals surface area (Å²) in [5.41, 5.74) is 4.09. The fourth-order valence-corrected chi connectivity index (χ4v) is 3.46. The van der Waals surface area contributed by atoms with Gasteiger partial charge in [-0.3, -0.25) is 9.59 Å². The topological polar surface area (TPSA) is 71.1 Å². The molecule has 3 rings (SSSR count). The number of benzene rings is 2. The largest absolute Gasteiger partial charge is 0.326 e. The number of aromatic nitrogens is 1. The Labute approximate surface area is 156 Å². The van der Waals surface area contributed by atoms with Crippen LogP contribution in [0.25, 0.3) is 11.3 Å². The zero-order valence-corrected chi connectivity index (χ0v) is 15.4. The molecule has 0 aliphatic rings. The van der Waals surface area contributed by atoms with E-state index in [2.05, 4.69) is 22.8 Å². The van der Waals surface area contributed by atoms with Crippen LogP contribution in [0.3, 0.4) is 0 Å². The number of thiazole rings is 1. The summed E-state index contributed by atoms with van der Waals surface area (Å²) in [4.78, 5) is 27.5. The minimum atomic E-state index is -0.175. The quantitative estimate of drug-likeness (QED) is 0.707. The molecule has 0 unspecified atom stereocenters. The third kappa shape index (κ3) is 4.55. The maximum Gasteiger partial charge on any atom is 0.221 e. The van der Waals surface area contributed by atoms with Crippen LogP contribution in [-0.4, -0.2) is 16.8 Å². The number of amides is 2. The van der Waals surface area contributed by atoms with Gasteiger partial charge in [0.2, 0.25) is 11.8 Å². The summed E-state index contributed by atoms with van der Waals surface area (Å²) in [6, 6.07) is 15.6. The van der Waals surface area contributed by atoms with Gasteiger partial charge in [-0.05, 0) is 23.8 Å². The molecule has 0 saturated heterocycles. The zero-order valence-electron chi connectivity index (χ0n) is 14.6. The summed E-state index contributed by atoms with van der Waals surface area (Å²) >= 11 is 1.59. The van der Waals surface area contributed by atoms with Crippen molar-refractivity contribution in [2.45, 2.75) is 20.3 Å². The van der Waals surface area contributed by atoms with Crippen LogP contribution in [0.1, 0.15) is 24.4 Å². The van der Waals surface area contributed by atoms with Gasteiger partial charge in [-0.1, -0.05) is 30.3 Å². The van der Waals surface area contributed by atoms with Crippen molar-refractivity contribution < 1.29 is 9.59 Å². The third-order valence-electron chi connectivity index (χ3n) is 3.68. The molecule has 2 amide bonds. The van der Waals surface area contributed by atoms with Gasteiger partial charge >= 0.3 is 0 Å². The first-order chi connectivity index (χ1) is 12.5. The smallest absolute Gasteiger partial charge is 0.221 e. The predicted molar refractivity (Wildman–Crippen MR) is 105 cm³/mol. The van der Waals surface area contributed by atoms with E-state index in [-0.39, 0.29) is 11.8 Å². The lowest BCUT2D eigenvalue weighted by molar-refractivity contribution is -0.115. The van der Waals surface area contributed by atoms with Crippen molar-refractivity contribution >= 4 is 34.5 Å². The molecule has 1 heterocycles. The van der Waals surface area contributed by atoms with Crippen molar-refractivity contribution in [3.8, 4) is 11.3 Å². The van der Waals surface area contributed by atoms with Gasteiger partial charge in [0.05, 0.1) is 16.4 Å². The van der Waals surface area contributed by atoms with Gasteiger partial charge < -0.3 is 10.6 Å². The molecule has 0 atom stereocenters. The molecule has 5 nitrogen and oxygen atoms in total. The Morgan fingerprint density at radius 1 is 1.00 bits per heavy atom. The lowest BCUT2D eigenvalue weighted by Crippen LogP contribution is -2.09. The maximum atomic E-state index is 11.6. The van der Waals surface area contributed by atoms with Crippen molar-refractivity contribution in [1.29, 1.82) is 0 Å². The number of carbonyl (C=O) groups is 2. The van der Waals surface area contributed by atoms with E-state index in [9.17, 15) is 9.59 Å². The van der Waals surface area contributed by atoms with Gasteiger partial charge in [0, 0.05) is 36.9 Å². The molecule has 2 N–H and O–H groups in total. The van der Waals surface area contributed by atoms with E-state index >= 15 is 0 Å². The highest BCUT2D eigenvalue weighted by Gasteiger charge is 2.12. The molecule has 0 bridgehead atoms. The Kier molecular flexibility index (Phi) is 5.43. The molecule has 0 aliphatic carbocycles. The second-order valence-corrected chi connectivity index (χ2v) is 6.85. The van der Waals surface area contributed by atoms with E-state index in [0.29, 0.717) is 11.4 Å². The summed E-state index contributed by atoms with van der Waals surface area (Å²) in [6.45, 7) is 2.90. The molecule has 2 aromatic carbocycles. The van der Waals surface area contributed by atoms with Crippen molar-refractivity contribution in [3.05, 3.63) is 64.5 Å². The van der Waals surface area contributed by atoms with Gasteiger partial charge in [0.1, 0.15) is 0 Å². The molecule has 3 aromatic rings. The van der Waals surface area contributed by atoms with Gasteiger partial charge in [0.15, 0.2) is 0 Å². The van der Waals surface area contributed by atoms with Crippen molar-refractivity contribution in [2.24, 2.45) is 0 Å². The highest BCUT2D eigenvalue weighted by molar-refractivity contribution is 7.10. The Morgan fingerprint density at radius 2 is 1.73 bits per heavy atom. The molecule has 0 spiro atoms. The highest BCUT2D eigenvalue weighted by Crippen LogP contribution is 2.32. The average molecular weight is 365 g/mol. The standard InChI is InChI=1S/C20H19N3O2S/c1-13(24)21-16-8-9-17(18(11-16)22-14(2)25)19-12-26-20(23-19)10-15-6-4-3-5-7-15/h3-9,11-12H,10H2,1-2H3,(H,21,24)(H,22,25). The van der Waals surface area contributed by atoms with Crippen LogP contribution in [0.4, 0.5) is 11.4 Å². The maximum absolute atomic E-state index is 11.6. The number of hydrogen-bond donors (Lipinski definition) is 2. The summed E-state index contributed by atoms with van der Waals surface area (Å²) in [7, 11) is 0. The molecule has 0 radical (unpaired) electrons. The fourth-order valence-electron chi connectivity index (χ4n) is 2.63. The highest BCUT2D eigenvalue weighted by atomic mass is 32.1. The molecule has 26 heavy (non-hydrogen) atoms. The molecule has 6 heteroatoms. The van der Waals surface area contributed by atoms with Crippen molar-refractivity contribution in [2.75, 3.05) is 10.6 Å². The summed E-state index contributed by atoms with van der Waals surface area (Å²) in [5.74, 6) is -0.337. The molecule has 1 aromatic heterocycles. The minimum absolute atomic E-state index is 0.162. The first-order valence-corrected chi connectivity index (χ1v) is 9.07. The van der Waals surface area contributed by atoms with Crippen molar-refractivity contribution in [3.63, 3.8) is 0 Å². The third-order valence-corrected chi connectivity index (χ3v) is 4.53. The molecular formula is C20H19N3O2S. The van der Waals surface area contributed by atoms with E-state index in [4.69, 9.17) is 4.98 Å². The second kappa shape index (κ2) is 7.93. The Hall–Kier alpha value is -2.99. The number of nitrogens with one attached hydrogen (secondary N) is 2. The summed E-state index contributed by atoms with van der Waals surface area (Å²) in [5, 5.41) is 8.53. The van der Waals surface area contributed by atoms with Crippen LogP contribution in [-0.2, 0) is 16.0 Å². The van der Waals surface area contributed by atoms with Crippen LogP contribution < -0.4 is 10.6 Å². The van der Waals surface area contributed by atoms with E-state index < -0.39 is 0 Å². The first-order valence-electron chi connectivity index (χ1n) is 8.19. The molecule has 0 fully saturated rings. The van der Waals surface area contributed by atoms with Crippen LogP contribution in [0.2, 0.25) is 0 Å². The van der Waals surface area contributed by atoms with Gasteiger partial charge in [-0.25, -0.2) is 4.98 Å². The average Bonchev–Trinajstić information content (AvgIpc) is 3.03. The van der Waals surface area contributed by atoms with Crippen LogP contribution in [0, 0.1) is 0 Å². The normalized spacial score (nSPS) is 10.4. The van der Waals surface area contributed by atoms with Crippen molar-refractivity contribution in [1.82, 2.24) is 4.98 Å². The van der Waals surface area contributed by atoms with Gasteiger partial charge in [-0.2, -0.15) is 0 Å². The van der Waals surface area contributed by atoms with Crippen LogP contribution in [0.5, 0.6) is 0 Å². The van der Waals surface area contributed by atoms with Gasteiger partial charge in [-0.15, -0.1) is 11.3 Å². The Morgan fingerprint density at radius 3 is 2.42 bits per heavy atom. The molecule has 0 aliphatic heterocycles. The van der Waals surface area contributed by atoms with Gasteiger partial charge in [0.25, 0.3) is 0 Å². The molecule has 0 saturated carbocycles. The minimum Gasteiger partial charge on any atom is -0.326 e. The fraction of sp³-hybridized carbons (Fsp3) is 0.150. The SMILES string of the molecule is CC(=O)Nc1ccc(-c2csc(Cc3ccccc3)n2)c(NC(C)=O)c1. The molecular weight excluding hydrogens is 346 g/mol. The van der Waals surface area contributed by atoms with Crippen LogP contribution in [0.15, 0.2) is 53.9 Å². The number of nitrogens with zero attached hydrogens (tertiary/aromatic N) is 1. The summed E-state index contributed by atoms with van der Waals surface area (Å²) in [6.07, 6.45) is 0.769. The predicted octanol–water partition coefficient (Wildman–Crippen LogP) is 4.32. The number of hydrogen-bond acceptors (Lipinski definition) is 4. The monoisotopic (exact) mass is 365 g/mol. The summed E-state index contributed by atoms with van der Waals surface area (Å²) < 4.78 is 0. The van der Waals surface area contributed by atoms with E-state index in [0.717, 1.165) is 22.7 Å². The zero-order chi connectivity index (χ0) is 18.5. The van der Waals surface area contributed by atoms with E-state index in [1.165, 1.54) is 19.4 Å². The number of carbonyl (C=O) groups excluding carboxylic acids is 2. The molecule has 132 valence electrons. The Balaban J connectivity index is 1.90. The lowest BCUT2D eigenvalue weighted by atomic mass is 10.1. The van der Waals surface area contributed by atoms with E-state index in [1.807, 2.05) is 29.6 Å². The number of rotatable bonds is 5. The number of anilines is 2. The first kappa shape index (κ1) is 17.8. The van der Waals surface area contributed by atoms with Crippen LogP contribution >= 0.6 is 11.3 Å². The van der Waals surface area contributed by atoms with E-state index in [1.54, 1.807) is 23.5 Å². The second-order valence-electron chi connectivity index (χ2n) is 5.91. The Bertz CT molecular complexity index is 935. The lowest BCUT2D eigenvalue weighted by Gasteiger charge is -2.11.